The number of carbonyl (C=O) groups is 1. The number of rotatable bonds is 7. The van der Waals surface area contributed by atoms with E-state index in [1.54, 1.807) is 0 Å². The van der Waals surface area contributed by atoms with Gasteiger partial charge in [0.25, 0.3) is 0 Å². The van der Waals surface area contributed by atoms with Gasteiger partial charge in [0.2, 0.25) is 0 Å². The fourth-order valence-corrected chi connectivity index (χ4v) is 1.99. The molecule has 0 aromatic carbocycles. The highest BCUT2D eigenvalue weighted by atomic mass is 16.4. The largest absolute Gasteiger partial charge is 0.481 e. The third-order valence-corrected chi connectivity index (χ3v) is 3.38. The lowest BCUT2D eigenvalue weighted by Crippen LogP contribution is -2.39. The van der Waals surface area contributed by atoms with Gasteiger partial charge in [-0.25, -0.2) is 0 Å². The molecule has 0 radical (unpaired) electrons. The van der Waals surface area contributed by atoms with Crippen LogP contribution in [0.3, 0.4) is 0 Å². The van der Waals surface area contributed by atoms with Crippen LogP contribution in [0.1, 0.15) is 33.4 Å². The molecular formula is C14H24N2O2. The highest BCUT2D eigenvalue weighted by Crippen LogP contribution is 2.20. The summed E-state index contributed by atoms with van der Waals surface area (Å²) in [4.78, 5) is 14.3. The van der Waals surface area contributed by atoms with Crippen LogP contribution in [-0.4, -0.2) is 29.1 Å². The van der Waals surface area contributed by atoms with Crippen LogP contribution in [0.25, 0.3) is 0 Å². The zero-order chi connectivity index (χ0) is 13.8. The van der Waals surface area contributed by atoms with Crippen molar-refractivity contribution in [3.8, 4) is 0 Å². The molecule has 18 heavy (non-hydrogen) atoms. The highest BCUT2D eigenvalue weighted by molar-refractivity contribution is 5.70. The van der Waals surface area contributed by atoms with Crippen LogP contribution in [0.4, 0.5) is 0 Å². The molecule has 3 N–H and O–H groups in total. The Balaban J connectivity index is 2.48. The molecule has 4 heteroatoms. The van der Waals surface area contributed by atoms with Gasteiger partial charge in [-0.15, -0.1) is 0 Å². The number of aliphatic carboxylic acids is 1. The molecule has 1 rings (SSSR count). The number of hydrogen-bond donors (Lipinski definition) is 3. The molecule has 1 aromatic rings. The summed E-state index contributed by atoms with van der Waals surface area (Å²) in [6.07, 6.45) is 1.91. The first-order valence-electron chi connectivity index (χ1n) is 6.42. The summed E-state index contributed by atoms with van der Waals surface area (Å²) < 4.78 is 0. The first-order chi connectivity index (χ1) is 8.34. The number of hydrogen-bond acceptors (Lipinski definition) is 2. The van der Waals surface area contributed by atoms with E-state index in [4.69, 9.17) is 5.11 Å². The van der Waals surface area contributed by atoms with Crippen molar-refractivity contribution in [2.24, 2.45) is 11.8 Å². The van der Waals surface area contributed by atoms with Gasteiger partial charge in [-0.05, 0) is 18.1 Å². The number of carboxylic acids is 1. The third kappa shape index (κ3) is 3.88. The van der Waals surface area contributed by atoms with E-state index in [0.717, 1.165) is 12.2 Å². The van der Waals surface area contributed by atoms with Crippen molar-refractivity contribution in [2.75, 3.05) is 13.1 Å². The molecule has 0 spiro atoms. The molecule has 0 fully saturated rings. The minimum absolute atomic E-state index is 0.0243. The van der Waals surface area contributed by atoms with Crippen molar-refractivity contribution in [3.05, 3.63) is 24.0 Å². The fourth-order valence-electron chi connectivity index (χ4n) is 1.99. The van der Waals surface area contributed by atoms with E-state index in [9.17, 15) is 4.79 Å². The Labute approximate surface area is 109 Å². The Morgan fingerprint density at radius 1 is 1.50 bits per heavy atom. The quantitative estimate of drug-likeness (QED) is 0.697. The van der Waals surface area contributed by atoms with Gasteiger partial charge in [0.1, 0.15) is 0 Å². The molecule has 102 valence electrons. The Hall–Kier alpha value is -1.29. The van der Waals surface area contributed by atoms with Gasteiger partial charge in [-0.2, -0.15) is 0 Å². The number of carboxylic acid groups (broad SMARTS) is 1. The van der Waals surface area contributed by atoms with Crippen LogP contribution in [-0.2, 0) is 10.2 Å². The fraction of sp³-hybridized carbons (Fsp3) is 0.643. The molecule has 0 aliphatic heterocycles. The van der Waals surface area contributed by atoms with Gasteiger partial charge in [-0.3, -0.25) is 4.79 Å². The molecule has 0 amide bonds. The van der Waals surface area contributed by atoms with Crippen LogP contribution in [0.5, 0.6) is 0 Å². The zero-order valence-electron chi connectivity index (χ0n) is 11.7. The van der Waals surface area contributed by atoms with E-state index < -0.39 is 5.97 Å². The van der Waals surface area contributed by atoms with Gasteiger partial charge >= 0.3 is 5.97 Å². The van der Waals surface area contributed by atoms with E-state index in [1.807, 2.05) is 26.1 Å². The van der Waals surface area contributed by atoms with Gasteiger partial charge in [0.15, 0.2) is 0 Å². The molecule has 0 aliphatic rings. The second-order valence-corrected chi connectivity index (χ2v) is 5.79. The molecule has 1 atom stereocenters. The molecule has 4 nitrogen and oxygen atoms in total. The third-order valence-electron chi connectivity index (χ3n) is 3.38. The van der Waals surface area contributed by atoms with Crippen molar-refractivity contribution < 1.29 is 9.90 Å². The lowest BCUT2D eigenvalue weighted by atomic mass is 9.88. The minimum atomic E-state index is -0.727. The average Bonchev–Trinajstić information content (AvgIpc) is 2.76. The predicted octanol–water partition coefficient (Wildman–Crippen LogP) is 2.24. The van der Waals surface area contributed by atoms with Crippen LogP contribution in [0.15, 0.2) is 18.3 Å². The van der Waals surface area contributed by atoms with Crippen molar-refractivity contribution in [2.45, 2.75) is 33.1 Å². The van der Waals surface area contributed by atoms with E-state index in [0.29, 0.717) is 6.54 Å². The monoisotopic (exact) mass is 252 g/mol. The minimum Gasteiger partial charge on any atom is -0.481 e. The summed E-state index contributed by atoms with van der Waals surface area (Å²) in [5, 5.41) is 12.4. The first kappa shape index (κ1) is 14.8. The Bertz CT molecular complexity index is 369. The first-order valence-corrected chi connectivity index (χ1v) is 6.42. The van der Waals surface area contributed by atoms with Gasteiger partial charge < -0.3 is 15.4 Å². The maximum absolute atomic E-state index is 11.1. The maximum atomic E-state index is 11.1. The Morgan fingerprint density at radius 2 is 2.17 bits per heavy atom. The summed E-state index contributed by atoms with van der Waals surface area (Å²) in [6, 6.07) is 4.03. The molecule has 1 unspecified atom stereocenters. The van der Waals surface area contributed by atoms with Crippen LogP contribution >= 0.6 is 0 Å². The predicted molar refractivity (Wildman–Crippen MR) is 72.7 cm³/mol. The molecule has 0 aliphatic carbocycles. The molecule has 0 saturated heterocycles. The standard InChI is InChI=1S/C14H24N2O2/c1-10(2)11(13(17)18)8-15-9-14(3,4)12-6-5-7-16-12/h5-7,10-11,15-16H,8-9H2,1-4H3,(H,17,18). The van der Waals surface area contributed by atoms with E-state index in [1.165, 1.54) is 0 Å². The molecular weight excluding hydrogens is 228 g/mol. The lowest BCUT2D eigenvalue weighted by Gasteiger charge is -2.26. The summed E-state index contributed by atoms with van der Waals surface area (Å²) in [7, 11) is 0. The van der Waals surface area contributed by atoms with Gasteiger partial charge in [-0.1, -0.05) is 27.7 Å². The summed E-state index contributed by atoms with van der Waals surface area (Å²) in [6.45, 7) is 9.42. The molecule has 0 saturated carbocycles. The van der Waals surface area contributed by atoms with Crippen LogP contribution < -0.4 is 5.32 Å². The SMILES string of the molecule is CC(C)C(CNCC(C)(C)c1ccc[nH]1)C(=O)O. The van der Waals surface area contributed by atoms with E-state index in [-0.39, 0.29) is 17.3 Å². The normalized spacial score (nSPS) is 13.8. The number of aromatic nitrogens is 1. The lowest BCUT2D eigenvalue weighted by molar-refractivity contribution is -0.143. The van der Waals surface area contributed by atoms with E-state index in [2.05, 4.69) is 30.2 Å². The maximum Gasteiger partial charge on any atom is 0.308 e. The topological polar surface area (TPSA) is 65.1 Å². The Kier molecular flexibility index (Phi) is 4.96. The van der Waals surface area contributed by atoms with E-state index >= 15 is 0 Å². The van der Waals surface area contributed by atoms with Crippen molar-refractivity contribution >= 4 is 5.97 Å². The van der Waals surface area contributed by atoms with Crippen molar-refractivity contribution in [3.63, 3.8) is 0 Å². The van der Waals surface area contributed by atoms with Crippen LogP contribution in [0.2, 0.25) is 0 Å². The number of aromatic amines is 1. The average molecular weight is 252 g/mol. The molecule has 0 bridgehead atoms. The van der Waals surface area contributed by atoms with Crippen molar-refractivity contribution in [1.29, 1.82) is 0 Å². The van der Waals surface area contributed by atoms with Gasteiger partial charge in [0, 0.05) is 30.4 Å². The summed E-state index contributed by atoms with van der Waals surface area (Å²) >= 11 is 0. The number of H-pyrrole nitrogens is 1. The highest BCUT2D eigenvalue weighted by Gasteiger charge is 2.24. The summed E-state index contributed by atoms with van der Waals surface area (Å²) in [5.41, 5.74) is 1.13. The van der Waals surface area contributed by atoms with Crippen molar-refractivity contribution in [1.82, 2.24) is 10.3 Å². The number of nitrogens with one attached hydrogen (secondary N) is 2. The molecule has 1 heterocycles. The van der Waals surface area contributed by atoms with Gasteiger partial charge in [0.05, 0.1) is 5.92 Å². The van der Waals surface area contributed by atoms with Crippen LogP contribution in [0, 0.1) is 11.8 Å². The second-order valence-electron chi connectivity index (χ2n) is 5.79. The smallest absolute Gasteiger partial charge is 0.308 e. The summed E-state index contributed by atoms with van der Waals surface area (Å²) in [5.74, 6) is -0.914. The second kappa shape index (κ2) is 6.05. The zero-order valence-corrected chi connectivity index (χ0v) is 11.7. The molecule has 1 aromatic heterocycles. The Morgan fingerprint density at radius 3 is 2.61 bits per heavy atom.